The van der Waals surface area contributed by atoms with Crippen LogP contribution in [-0.4, -0.2) is 12.6 Å². The molecule has 0 N–H and O–H groups in total. The molecule has 0 spiro atoms. The molecule has 0 heterocycles. The molecule has 0 aliphatic heterocycles. The van der Waals surface area contributed by atoms with Gasteiger partial charge >= 0.3 is 5.97 Å². The van der Waals surface area contributed by atoms with E-state index in [-0.39, 0.29) is 17.8 Å². The van der Waals surface area contributed by atoms with E-state index in [9.17, 15) is 4.79 Å². The van der Waals surface area contributed by atoms with Gasteiger partial charge in [0.25, 0.3) is 0 Å². The van der Waals surface area contributed by atoms with Crippen molar-refractivity contribution in [3.8, 4) is 0 Å². The molecular formula is C18H20O2. The molecule has 0 aliphatic carbocycles. The number of hydrogen-bond donors (Lipinski definition) is 0. The molecule has 0 amide bonds. The van der Waals surface area contributed by atoms with Crippen molar-refractivity contribution in [1.82, 2.24) is 0 Å². The number of carbonyl (C=O) groups is 1. The van der Waals surface area contributed by atoms with E-state index in [0.717, 1.165) is 11.1 Å². The number of ether oxygens (including phenoxy) is 1. The van der Waals surface area contributed by atoms with Crippen LogP contribution in [0.4, 0.5) is 0 Å². The summed E-state index contributed by atoms with van der Waals surface area (Å²) in [6.45, 7) is 4.32. The third-order valence-corrected chi connectivity index (χ3v) is 3.52. The second kappa shape index (κ2) is 6.90. The fraction of sp³-hybridized carbons (Fsp3) is 0.278. The summed E-state index contributed by atoms with van der Waals surface area (Å²) < 4.78 is 5.26. The summed E-state index contributed by atoms with van der Waals surface area (Å²) in [6.07, 6.45) is 0. The highest BCUT2D eigenvalue weighted by Gasteiger charge is 2.28. The van der Waals surface area contributed by atoms with Gasteiger partial charge in [-0.15, -0.1) is 0 Å². The van der Waals surface area contributed by atoms with E-state index in [4.69, 9.17) is 4.74 Å². The summed E-state index contributed by atoms with van der Waals surface area (Å²) in [5.41, 5.74) is 2.15. The third kappa shape index (κ3) is 3.27. The number of esters is 1. The topological polar surface area (TPSA) is 26.3 Å². The van der Waals surface area contributed by atoms with Crippen molar-refractivity contribution in [3.05, 3.63) is 71.8 Å². The zero-order valence-electron chi connectivity index (χ0n) is 12.0. The van der Waals surface area contributed by atoms with Crippen LogP contribution in [0.1, 0.15) is 36.8 Å². The number of rotatable bonds is 5. The molecule has 0 saturated heterocycles. The van der Waals surface area contributed by atoms with Gasteiger partial charge in [-0.25, -0.2) is 0 Å². The highest BCUT2D eigenvalue weighted by Crippen LogP contribution is 2.33. The molecule has 2 atom stereocenters. The Morgan fingerprint density at radius 1 is 0.950 bits per heavy atom. The van der Waals surface area contributed by atoms with Gasteiger partial charge in [0.15, 0.2) is 0 Å². The quantitative estimate of drug-likeness (QED) is 0.762. The Hall–Kier alpha value is -2.09. The lowest BCUT2D eigenvalue weighted by Crippen LogP contribution is -2.21. The van der Waals surface area contributed by atoms with Crippen molar-refractivity contribution >= 4 is 5.97 Å². The van der Waals surface area contributed by atoms with Gasteiger partial charge in [0.1, 0.15) is 0 Å². The highest BCUT2D eigenvalue weighted by atomic mass is 16.5. The normalized spacial score (nSPS) is 13.5. The Kier molecular flexibility index (Phi) is 4.94. The van der Waals surface area contributed by atoms with E-state index >= 15 is 0 Å². The lowest BCUT2D eigenvalue weighted by atomic mass is 9.83. The first-order valence-corrected chi connectivity index (χ1v) is 7.00. The van der Waals surface area contributed by atoms with Crippen LogP contribution < -0.4 is 0 Å². The first-order valence-electron chi connectivity index (χ1n) is 7.00. The number of benzene rings is 2. The van der Waals surface area contributed by atoms with Crippen molar-refractivity contribution in [2.24, 2.45) is 0 Å². The maximum absolute atomic E-state index is 12.3. The van der Waals surface area contributed by atoms with Crippen LogP contribution in [0.2, 0.25) is 0 Å². The fourth-order valence-corrected chi connectivity index (χ4v) is 2.47. The second-order valence-electron chi connectivity index (χ2n) is 4.84. The van der Waals surface area contributed by atoms with Crippen LogP contribution in [0, 0.1) is 0 Å². The summed E-state index contributed by atoms with van der Waals surface area (Å²) in [5, 5.41) is 0. The molecule has 2 aromatic carbocycles. The Morgan fingerprint density at radius 3 is 1.95 bits per heavy atom. The summed E-state index contributed by atoms with van der Waals surface area (Å²) in [6, 6.07) is 19.9. The SMILES string of the molecule is CCOC(=O)[C@H](c1ccccc1)[C@H](C)c1ccccc1. The molecule has 2 aromatic rings. The molecule has 0 fully saturated rings. The first-order chi connectivity index (χ1) is 9.74. The van der Waals surface area contributed by atoms with Crippen LogP contribution in [0.3, 0.4) is 0 Å². The Labute approximate surface area is 120 Å². The first kappa shape index (κ1) is 14.3. The molecular weight excluding hydrogens is 248 g/mol. The molecule has 2 rings (SSSR count). The monoisotopic (exact) mass is 268 g/mol. The molecule has 0 bridgehead atoms. The van der Waals surface area contributed by atoms with Crippen LogP contribution in [-0.2, 0) is 9.53 Å². The summed E-state index contributed by atoms with van der Waals surface area (Å²) in [4.78, 5) is 12.3. The Morgan fingerprint density at radius 2 is 1.45 bits per heavy atom. The molecule has 0 unspecified atom stereocenters. The van der Waals surface area contributed by atoms with E-state index in [1.54, 1.807) is 0 Å². The summed E-state index contributed by atoms with van der Waals surface area (Å²) in [7, 11) is 0. The van der Waals surface area contributed by atoms with Gasteiger partial charge < -0.3 is 4.74 Å². The lowest BCUT2D eigenvalue weighted by molar-refractivity contribution is -0.145. The summed E-state index contributed by atoms with van der Waals surface area (Å²) in [5.74, 6) is -0.341. The molecule has 104 valence electrons. The molecule has 0 aliphatic rings. The van der Waals surface area contributed by atoms with Gasteiger partial charge in [-0.2, -0.15) is 0 Å². The van der Waals surface area contributed by atoms with Gasteiger partial charge in [-0.05, 0) is 24.0 Å². The van der Waals surface area contributed by atoms with Gasteiger partial charge in [0, 0.05) is 0 Å². The fourth-order valence-electron chi connectivity index (χ4n) is 2.47. The van der Waals surface area contributed by atoms with Crippen molar-refractivity contribution in [2.45, 2.75) is 25.7 Å². The Bertz CT molecular complexity index is 534. The third-order valence-electron chi connectivity index (χ3n) is 3.52. The van der Waals surface area contributed by atoms with Crippen LogP contribution >= 0.6 is 0 Å². The predicted octanol–water partition coefficient (Wildman–Crippen LogP) is 4.14. The van der Waals surface area contributed by atoms with E-state index in [1.807, 2.05) is 55.5 Å². The number of carbonyl (C=O) groups excluding carboxylic acids is 1. The minimum atomic E-state index is -0.265. The van der Waals surface area contributed by atoms with Crippen LogP contribution in [0.5, 0.6) is 0 Å². The largest absolute Gasteiger partial charge is 0.466 e. The van der Waals surface area contributed by atoms with E-state index in [1.165, 1.54) is 0 Å². The zero-order valence-corrected chi connectivity index (χ0v) is 12.0. The van der Waals surface area contributed by atoms with Gasteiger partial charge in [-0.1, -0.05) is 67.6 Å². The predicted molar refractivity (Wildman–Crippen MR) is 80.7 cm³/mol. The molecule has 0 radical (unpaired) electrons. The van der Waals surface area contributed by atoms with Crippen LogP contribution in [0.15, 0.2) is 60.7 Å². The van der Waals surface area contributed by atoms with Crippen molar-refractivity contribution in [3.63, 3.8) is 0 Å². The maximum atomic E-state index is 12.3. The molecule has 2 heteroatoms. The maximum Gasteiger partial charge on any atom is 0.314 e. The lowest BCUT2D eigenvalue weighted by Gasteiger charge is -2.23. The minimum absolute atomic E-state index is 0.0812. The van der Waals surface area contributed by atoms with E-state index < -0.39 is 0 Å². The standard InChI is InChI=1S/C18H20O2/c1-3-20-18(19)17(16-12-8-5-9-13-16)14(2)15-10-6-4-7-11-15/h4-14,17H,3H2,1-2H3/t14-,17+/m1/s1. The number of hydrogen-bond acceptors (Lipinski definition) is 2. The van der Waals surface area contributed by atoms with E-state index in [2.05, 4.69) is 19.1 Å². The molecule has 20 heavy (non-hydrogen) atoms. The van der Waals surface area contributed by atoms with Crippen molar-refractivity contribution < 1.29 is 9.53 Å². The zero-order chi connectivity index (χ0) is 14.4. The Balaban J connectivity index is 2.34. The molecule has 0 aromatic heterocycles. The smallest absolute Gasteiger partial charge is 0.314 e. The van der Waals surface area contributed by atoms with Gasteiger partial charge in [-0.3, -0.25) is 4.79 Å². The minimum Gasteiger partial charge on any atom is -0.466 e. The van der Waals surface area contributed by atoms with Crippen molar-refractivity contribution in [2.75, 3.05) is 6.61 Å². The molecule has 0 saturated carbocycles. The van der Waals surface area contributed by atoms with Crippen molar-refractivity contribution in [1.29, 1.82) is 0 Å². The summed E-state index contributed by atoms with van der Waals surface area (Å²) >= 11 is 0. The second-order valence-corrected chi connectivity index (χ2v) is 4.84. The van der Waals surface area contributed by atoms with E-state index in [0.29, 0.717) is 6.61 Å². The van der Waals surface area contributed by atoms with Gasteiger partial charge in [0.2, 0.25) is 0 Å². The molecule has 2 nitrogen and oxygen atoms in total. The van der Waals surface area contributed by atoms with Crippen LogP contribution in [0.25, 0.3) is 0 Å². The average Bonchev–Trinajstić information content (AvgIpc) is 2.50. The average molecular weight is 268 g/mol. The highest BCUT2D eigenvalue weighted by molar-refractivity contribution is 5.79. The van der Waals surface area contributed by atoms with Gasteiger partial charge in [0.05, 0.1) is 12.5 Å².